The van der Waals surface area contributed by atoms with Crippen LogP contribution in [-0.2, 0) is 10.2 Å². The van der Waals surface area contributed by atoms with Gasteiger partial charge in [0, 0.05) is 11.1 Å². The van der Waals surface area contributed by atoms with Gasteiger partial charge in [0.1, 0.15) is 0 Å². The summed E-state index contributed by atoms with van der Waals surface area (Å²) in [4.78, 5) is 12.6. The van der Waals surface area contributed by atoms with E-state index in [4.69, 9.17) is 11.6 Å². The van der Waals surface area contributed by atoms with Gasteiger partial charge in [0.2, 0.25) is 5.91 Å². The number of amides is 1. The summed E-state index contributed by atoms with van der Waals surface area (Å²) < 4.78 is 0. The van der Waals surface area contributed by atoms with Crippen LogP contribution in [0.5, 0.6) is 0 Å². The fraction of sp³-hybridized carbons (Fsp3) is 0.562. The Kier molecular flexibility index (Phi) is 4.71. The molecule has 1 aliphatic rings. The van der Waals surface area contributed by atoms with Gasteiger partial charge in [-0.05, 0) is 57.0 Å². The van der Waals surface area contributed by atoms with E-state index in [2.05, 4.69) is 17.6 Å². The fourth-order valence-corrected chi connectivity index (χ4v) is 2.70. The highest BCUT2D eigenvalue weighted by Gasteiger charge is 2.33. The van der Waals surface area contributed by atoms with Crippen molar-refractivity contribution in [3.05, 3.63) is 34.9 Å². The molecule has 1 aromatic carbocycles. The Morgan fingerprint density at radius 1 is 1.35 bits per heavy atom. The number of nitrogens with one attached hydrogen (secondary N) is 2. The zero-order valence-corrected chi connectivity index (χ0v) is 13.1. The quantitative estimate of drug-likeness (QED) is 0.900. The minimum absolute atomic E-state index is 0.0820. The van der Waals surface area contributed by atoms with Gasteiger partial charge >= 0.3 is 0 Å². The number of benzene rings is 1. The molecule has 1 saturated heterocycles. The molecule has 1 heterocycles. The Balaban J connectivity index is 2.08. The zero-order valence-electron chi connectivity index (χ0n) is 12.4. The molecule has 1 amide bonds. The lowest BCUT2D eigenvalue weighted by atomic mass is 9.83. The van der Waals surface area contributed by atoms with E-state index in [-0.39, 0.29) is 11.9 Å². The summed E-state index contributed by atoms with van der Waals surface area (Å²) >= 11 is 5.91. The first-order chi connectivity index (χ1) is 9.41. The van der Waals surface area contributed by atoms with E-state index < -0.39 is 5.41 Å². The van der Waals surface area contributed by atoms with Crippen LogP contribution in [-0.4, -0.2) is 25.0 Å². The second-order valence-electron chi connectivity index (χ2n) is 6.18. The van der Waals surface area contributed by atoms with Crippen LogP contribution in [0.25, 0.3) is 0 Å². The van der Waals surface area contributed by atoms with E-state index in [0.717, 1.165) is 25.1 Å². The highest BCUT2D eigenvalue weighted by molar-refractivity contribution is 6.30. The third kappa shape index (κ3) is 3.33. The van der Waals surface area contributed by atoms with E-state index in [1.165, 1.54) is 0 Å². The van der Waals surface area contributed by atoms with Crippen molar-refractivity contribution >= 4 is 17.5 Å². The number of hydrogen-bond donors (Lipinski definition) is 2. The SMILES string of the molecule is CC1CNCCC1NC(=O)C(C)(C)c1ccc(Cl)cc1. The average molecular weight is 295 g/mol. The summed E-state index contributed by atoms with van der Waals surface area (Å²) in [6, 6.07) is 7.77. The standard InChI is InChI=1S/C16H23ClN2O/c1-11-10-18-9-8-14(11)19-15(20)16(2,3)12-4-6-13(17)7-5-12/h4-7,11,14,18H,8-10H2,1-3H3,(H,19,20). The molecule has 0 saturated carbocycles. The van der Waals surface area contributed by atoms with Gasteiger partial charge in [-0.15, -0.1) is 0 Å². The van der Waals surface area contributed by atoms with Crippen LogP contribution in [0.3, 0.4) is 0 Å². The van der Waals surface area contributed by atoms with Crippen LogP contribution in [0, 0.1) is 5.92 Å². The van der Waals surface area contributed by atoms with Gasteiger partial charge in [-0.2, -0.15) is 0 Å². The van der Waals surface area contributed by atoms with Crippen LogP contribution in [0.1, 0.15) is 32.8 Å². The van der Waals surface area contributed by atoms with Crippen molar-refractivity contribution < 1.29 is 4.79 Å². The number of carbonyl (C=O) groups is 1. The summed E-state index contributed by atoms with van der Waals surface area (Å²) in [5.74, 6) is 0.548. The fourth-order valence-electron chi connectivity index (χ4n) is 2.57. The number of carbonyl (C=O) groups excluding carboxylic acids is 1. The molecule has 1 aromatic rings. The maximum atomic E-state index is 12.6. The molecule has 0 bridgehead atoms. The first-order valence-electron chi connectivity index (χ1n) is 7.19. The Hall–Kier alpha value is -1.06. The molecule has 110 valence electrons. The summed E-state index contributed by atoms with van der Waals surface area (Å²) in [5.41, 5.74) is 0.441. The predicted octanol–water partition coefficient (Wildman–Crippen LogP) is 2.73. The lowest BCUT2D eigenvalue weighted by Crippen LogP contribution is -2.52. The third-order valence-corrected chi connectivity index (χ3v) is 4.49. The highest BCUT2D eigenvalue weighted by atomic mass is 35.5. The van der Waals surface area contributed by atoms with Crippen molar-refractivity contribution in [2.24, 2.45) is 5.92 Å². The first kappa shape index (κ1) is 15.3. The van der Waals surface area contributed by atoms with Gasteiger partial charge < -0.3 is 10.6 Å². The van der Waals surface area contributed by atoms with Crippen molar-refractivity contribution in [1.82, 2.24) is 10.6 Å². The molecule has 4 heteroatoms. The predicted molar refractivity (Wildman–Crippen MR) is 83.1 cm³/mol. The van der Waals surface area contributed by atoms with Crippen molar-refractivity contribution in [2.45, 2.75) is 38.6 Å². The Morgan fingerprint density at radius 2 is 2.00 bits per heavy atom. The smallest absolute Gasteiger partial charge is 0.230 e. The van der Waals surface area contributed by atoms with E-state index in [1.807, 2.05) is 38.1 Å². The van der Waals surface area contributed by atoms with Gasteiger partial charge in [0.15, 0.2) is 0 Å². The molecular formula is C16H23ClN2O. The van der Waals surface area contributed by atoms with E-state index in [9.17, 15) is 4.79 Å². The number of hydrogen-bond acceptors (Lipinski definition) is 2. The molecule has 0 aliphatic carbocycles. The van der Waals surface area contributed by atoms with Crippen LogP contribution >= 0.6 is 11.6 Å². The molecule has 2 N–H and O–H groups in total. The molecule has 0 aromatic heterocycles. The van der Waals surface area contributed by atoms with Crippen LogP contribution in [0.4, 0.5) is 0 Å². The van der Waals surface area contributed by atoms with Crippen molar-refractivity contribution in [1.29, 1.82) is 0 Å². The van der Waals surface area contributed by atoms with E-state index in [0.29, 0.717) is 10.9 Å². The van der Waals surface area contributed by atoms with Gasteiger partial charge in [-0.1, -0.05) is 30.7 Å². The second kappa shape index (κ2) is 6.15. The minimum atomic E-state index is -0.546. The molecule has 2 unspecified atom stereocenters. The van der Waals surface area contributed by atoms with Gasteiger partial charge in [0.05, 0.1) is 5.41 Å². The summed E-state index contributed by atoms with van der Waals surface area (Å²) in [6.45, 7) is 8.02. The lowest BCUT2D eigenvalue weighted by molar-refractivity contribution is -0.126. The van der Waals surface area contributed by atoms with Crippen molar-refractivity contribution in [2.75, 3.05) is 13.1 Å². The Labute approximate surface area is 126 Å². The van der Waals surface area contributed by atoms with Crippen LogP contribution in [0.2, 0.25) is 5.02 Å². The third-order valence-electron chi connectivity index (χ3n) is 4.24. The molecule has 20 heavy (non-hydrogen) atoms. The Morgan fingerprint density at radius 3 is 2.60 bits per heavy atom. The summed E-state index contributed by atoms with van der Waals surface area (Å²) in [6.07, 6.45) is 0.990. The largest absolute Gasteiger partial charge is 0.352 e. The summed E-state index contributed by atoms with van der Waals surface area (Å²) in [7, 11) is 0. The molecule has 0 spiro atoms. The van der Waals surface area contributed by atoms with Gasteiger partial charge in [-0.25, -0.2) is 0 Å². The molecule has 1 fully saturated rings. The molecular weight excluding hydrogens is 272 g/mol. The number of halogens is 1. The normalized spacial score (nSPS) is 23.4. The number of piperidine rings is 1. The monoisotopic (exact) mass is 294 g/mol. The maximum Gasteiger partial charge on any atom is 0.230 e. The molecule has 2 atom stereocenters. The topological polar surface area (TPSA) is 41.1 Å². The molecule has 2 rings (SSSR count). The van der Waals surface area contributed by atoms with E-state index >= 15 is 0 Å². The molecule has 1 aliphatic heterocycles. The minimum Gasteiger partial charge on any atom is -0.352 e. The van der Waals surface area contributed by atoms with Crippen molar-refractivity contribution in [3.63, 3.8) is 0 Å². The van der Waals surface area contributed by atoms with Crippen molar-refractivity contribution in [3.8, 4) is 0 Å². The van der Waals surface area contributed by atoms with Crippen LogP contribution < -0.4 is 10.6 Å². The summed E-state index contributed by atoms with van der Waals surface area (Å²) in [5, 5.41) is 7.25. The maximum absolute atomic E-state index is 12.6. The highest BCUT2D eigenvalue weighted by Crippen LogP contribution is 2.25. The zero-order chi connectivity index (χ0) is 14.8. The van der Waals surface area contributed by atoms with Crippen LogP contribution in [0.15, 0.2) is 24.3 Å². The van der Waals surface area contributed by atoms with Gasteiger partial charge in [-0.3, -0.25) is 4.79 Å². The van der Waals surface area contributed by atoms with Gasteiger partial charge in [0.25, 0.3) is 0 Å². The molecule has 0 radical (unpaired) electrons. The molecule has 3 nitrogen and oxygen atoms in total. The average Bonchev–Trinajstić information content (AvgIpc) is 2.41. The lowest BCUT2D eigenvalue weighted by Gasteiger charge is -2.33. The Bertz CT molecular complexity index is 470. The number of rotatable bonds is 3. The van der Waals surface area contributed by atoms with E-state index in [1.54, 1.807) is 0 Å². The first-order valence-corrected chi connectivity index (χ1v) is 7.57. The second-order valence-corrected chi connectivity index (χ2v) is 6.62.